The molecule has 0 radical (unpaired) electrons. The molecule has 0 saturated carbocycles. The minimum Gasteiger partial charge on any atom is -0.496 e. The molecule has 0 unspecified atom stereocenters. The SMILES string of the molecule is COc1ccc(C#CCCO)cc1CN(C)CC(F)F. The summed E-state index contributed by atoms with van der Waals surface area (Å²) in [6.07, 6.45) is -1.95. The fraction of sp³-hybridized carbons (Fsp3) is 0.467. The van der Waals surface area contributed by atoms with Crippen molar-refractivity contribution in [3.63, 3.8) is 0 Å². The van der Waals surface area contributed by atoms with Crippen molar-refractivity contribution in [2.45, 2.75) is 19.4 Å². The highest BCUT2D eigenvalue weighted by Gasteiger charge is 2.11. The molecule has 0 amide bonds. The van der Waals surface area contributed by atoms with E-state index in [4.69, 9.17) is 9.84 Å². The van der Waals surface area contributed by atoms with Crippen molar-refractivity contribution in [1.82, 2.24) is 4.90 Å². The van der Waals surface area contributed by atoms with Crippen LogP contribution in [0.5, 0.6) is 5.75 Å². The topological polar surface area (TPSA) is 32.7 Å². The van der Waals surface area contributed by atoms with Gasteiger partial charge in [0.2, 0.25) is 0 Å². The van der Waals surface area contributed by atoms with Crippen LogP contribution in [-0.2, 0) is 6.54 Å². The molecular weight excluding hydrogens is 264 g/mol. The van der Waals surface area contributed by atoms with Crippen LogP contribution in [0.2, 0.25) is 0 Å². The highest BCUT2D eigenvalue weighted by molar-refractivity contribution is 5.44. The summed E-state index contributed by atoms with van der Waals surface area (Å²) in [5.41, 5.74) is 1.59. The van der Waals surface area contributed by atoms with Crippen molar-refractivity contribution in [2.75, 3.05) is 27.3 Å². The van der Waals surface area contributed by atoms with E-state index in [-0.39, 0.29) is 13.2 Å². The highest BCUT2D eigenvalue weighted by atomic mass is 19.3. The van der Waals surface area contributed by atoms with Crippen LogP contribution in [0.1, 0.15) is 17.5 Å². The lowest BCUT2D eigenvalue weighted by Gasteiger charge is -2.18. The first-order chi connectivity index (χ1) is 9.56. The number of hydrogen-bond acceptors (Lipinski definition) is 3. The Hall–Kier alpha value is -1.64. The second-order valence-electron chi connectivity index (χ2n) is 4.39. The van der Waals surface area contributed by atoms with E-state index >= 15 is 0 Å². The van der Waals surface area contributed by atoms with Crippen LogP contribution in [0.4, 0.5) is 8.78 Å². The number of alkyl halides is 2. The summed E-state index contributed by atoms with van der Waals surface area (Å²) in [4.78, 5) is 1.54. The first-order valence-electron chi connectivity index (χ1n) is 6.30. The molecule has 1 N–H and O–H groups in total. The molecule has 0 heterocycles. The van der Waals surface area contributed by atoms with Crippen LogP contribution < -0.4 is 4.74 Å². The summed E-state index contributed by atoms with van der Waals surface area (Å²) >= 11 is 0. The molecule has 0 aliphatic rings. The zero-order valence-corrected chi connectivity index (χ0v) is 11.7. The van der Waals surface area contributed by atoms with Crippen molar-refractivity contribution in [1.29, 1.82) is 0 Å². The maximum absolute atomic E-state index is 12.3. The molecule has 110 valence electrons. The van der Waals surface area contributed by atoms with Gasteiger partial charge in [-0.3, -0.25) is 4.90 Å². The van der Waals surface area contributed by atoms with Gasteiger partial charge in [-0.05, 0) is 25.2 Å². The number of ether oxygens (including phenoxy) is 1. The highest BCUT2D eigenvalue weighted by Crippen LogP contribution is 2.21. The monoisotopic (exact) mass is 283 g/mol. The average molecular weight is 283 g/mol. The summed E-state index contributed by atoms with van der Waals surface area (Å²) in [6, 6.07) is 5.40. The van der Waals surface area contributed by atoms with Crippen LogP contribution >= 0.6 is 0 Å². The zero-order valence-electron chi connectivity index (χ0n) is 11.7. The van der Waals surface area contributed by atoms with E-state index in [0.717, 1.165) is 11.1 Å². The van der Waals surface area contributed by atoms with Gasteiger partial charge in [0.05, 0.1) is 20.3 Å². The minimum absolute atomic E-state index is 0.0210. The number of hydrogen-bond donors (Lipinski definition) is 1. The van der Waals surface area contributed by atoms with Crippen molar-refractivity contribution >= 4 is 0 Å². The summed E-state index contributed by atoms with van der Waals surface area (Å²) < 4.78 is 29.9. The number of benzene rings is 1. The Morgan fingerprint density at radius 1 is 1.40 bits per heavy atom. The van der Waals surface area contributed by atoms with Crippen molar-refractivity contribution in [3.05, 3.63) is 29.3 Å². The Balaban J connectivity index is 2.86. The summed E-state index contributed by atoms with van der Waals surface area (Å²) in [6.45, 7) is 0.0970. The van der Waals surface area contributed by atoms with E-state index in [0.29, 0.717) is 18.7 Å². The molecule has 0 fully saturated rings. The molecule has 0 bridgehead atoms. The van der Waals surface area contributed by atoms with Gasteiger partial charge in [-0.25, -0.2) is 8.78 Å². The lowest BCUT2D eigenvalue weighted by Crippen LogP contribution is -2.24. The maximum atomic E-state index is 12.3. The number of rotatable bonds is 6. The summed E-state index contributed by atoms with van der Waals surface area (Å²) in [7, 11) is 3.18. The van der Waals surface area contributed by atoms with E-state index in [1.165, 1.54) is 4.90 Å². The molecule has 0 saturated heterocycles. The van der Waals surface area contributed by atoms with Crippen LogP contribution in [0.3, 0.4) is 0 Å². The van der Waals surface area contributed by atoms with Gasteiger partial charge >= 0.3 is 0 Å². The number of aliphatic hydroxyl groups is 1. The molecule has 1 rings (SSSR count). The van der Waals surface area contributed by atoms with Gasteiger partial charge in [-0.1, -0.05) is 11.8 Å². The van der Waals surface area contributed by atoms with E-state index in [1.807, 2.05) is 6.07 Å². The summed E-state index contributed by atoms with van der Waals surface area (Å²) in [5, 5.41) is 8.68. The third-order valence-corrected chi connectivity index (χ3v) is 2.64. The van der Waals surface area contributed by atoms with Crippen molar-refractivity contribution in [3.8, 4) is 17.6 Å². The standard InChI is InChI=1S/C15H19F2NO2/c1-18(11-15(16)17)10-13-9-12(5-3-4-8-19)6-7-14(13)20-2/h6-7,9,15,19H,4,8,10-11H2,1-2H3. The first kappa shape index (κ1) is 16.4. The van der Waals surface area contributed by atoms with Crippen LogP contribution in [-0.4, -0.2) is 43.7 Å². The lowest BCUT2D eigenvalue weighted by atomic mass is 10.1. The molecule has 0 aliphatic heterocycles. The second kappa shape index (κ2) is 8.51. The first-order valence-corrected chi connectivity index (χ1v) is 6.30. The predicted molar refractivity (Wildman–Crippen MR) is 73.9 cm³/mol. The normalized spacial score (nSPS) is 10.6. The largest absolute Gasteiger partial charge is 0.496 e. The Bertz CT molecular complexity index is 480. The fourth-order valence-corrected chi connectivity index (χ4v) is 1.79. The number of halogens is 2. The van der Waals surface area contributed by atoms with Gasteiger partial charge in [0, 0.05) is 24.1 Å². The van der Waals surface area contributed by atoms with Crippen LogP contribution in [0, 0.1) is 11.8 Å². The molecule has 5 heteroatoms. The van der Waals surface area contributed by atoms with Gasteiger partial charge in [0.25, 0.3) is 6.43 Å². The Labute approximate surface area is 118 Å². The quantitative estimate of drug-likeness (QED) is 0.812. The van der Waals surface area contributed by atoms with Crippen LogP contribution in [0.25, 0.3) is 0 Å². The Kier molecular flexibility index (Phi) is 6.99. The Morgan fingerprint density at radius 2 is 2.15 bits per heavy atom. The molecule has 1 aromatic rings. The number of methoxy groups -OCH3 is 1. The summed E-state index contributed by atoms with van der Waals surface area (Å²) in [5.74, 6) is 6.40. The van der Waals surface area contributed by atoms with E-state index in [2.05, 4.69) is 11.8 Å². The van der Waals surface area contributed by atoms with Gasteiger partial charge in [-0.2, -0.15) is 0 Å². The number of nitrogens with zero attached hydrogens (tertiary/aromatic N) is 1. The molecule has 1 aromatic carbocycles. The van der Waals surface area contributed by atoms with Gasteiger partial charge < -0.3 is 9.84 Å². The third-order valence-electron chi connectivity index (χ3n) is 2.64. The maximum Gasteiger partial charge on any atom is 0.251 e. The molecule has 3 nitrogen and oxygen atoms in total. The smallest absolute Gasteiger partial charge is 0.251 e. The van der Waals surface area contributed by atoms with E-state index in [9.17, 15) is 8.78 Å². The zero-order chi connectivity index (χ0) is 15.0. The third kappa shape index (κ3) is 5.55. The van der Waals surface area contributed by atoms with Gasteiger partial charge in [-0.15, -0.1) is 0 Å². The molecule has 0 aromatic heterocycles. The van der Waals surface area contributed by atoms with Crippen molar-refractivity contribution in [2.24, 2.45) is 0 Å². The van der Waals surface area contributed by atoms with Crippen molar-refractivity contribution < 1.29 is 18.6 Å². The minimum atomic E-state index is -2.36. The second-order valence-corrected chi connectivity index (χ2v) is 4.39. The van der Waals surface area contributed by atoms with Gasteiger partial charge in [0.15, 0.2) is 0 Å². The van der Waals surface area contributed by atoms with Gasteiger partial charge in [0.1, 0.15) is 5.75 Å². The molecule has 20 heavy (non-hydrogen) atoms. The molecule has 0 aliphatic carbocycles. The molecular formula is C15H19F2NO2. The number of aliphatic hydroxyl groups excluding tert-OH is 1. The van der Waals surface area contributed by atoms with Crippen LogP contribution in [0.15, 0.2) is 18.2 Å². The average Bonchev–Trinajstić information content (AvgIpc) is 2.38. The Morgan fingerprint density at radius 3 is 2.75 bits per heavy atom. The lowest BCUT2D eigenvalue weighted by molar-refractivity contribution is 0.0972. The predicted octanol–water partition coefficient (Wildman–Crippen LogP) is 2.13. The molecule has 0 atom stereocenters. The fourth-order valence-electron chi connectivity index (χ4n) is 1.79. The van der Waals surface area contributed by atoms with E-state index < -0.39 is 6.43 Å². The van der Waals surface area contributed by atoms with E-state index in [1.54, 1.807) is 26.3 Å². The molecule has 0 spiro atoms.